The van der Waals surface area contributed by atoms with E-state index in [2.05, 4.69) is 12.2 Å². The van der Waals surface area contributed by atoms with Crippen molar-refractivity contribution in [3.63, 3.8) is 0 Å². The Balaban J connectivity index is 1.16. The van der Waals surface area contributed by atoms with Crippen LogP contribution in [0.1, 0.15) is 77.0 Å². The fraction of sp³-hybridized carbons (Fsp3) is 0.727. The van der Waals surface area contributed by atoms with Gasteiger partial charge in [-0.3, -0.25) is 0 Å². The maximum Gasteiger partial charge on any atom is 0.0757 e. The molecule has 5 aliphatic carbocycles. The lowest BCUT2D eigenvalue weighted by molar-refractivity contribution is 0.00945. The Morgan fingerprint density at radius 1 is 0.652 bits per heavy atom. The molecule has 0 saturated carbocycles. The van der Waals surface area contributed by atoms with Gasteiger partial charge in [0.15, 0.2) is 0 Å². The number of rotatable bonds is 0. The molecule has 1 heteroatoms. The highest BCUT2D eigenvalue weighted by molar-refractivity contribution is 5.41. The molecule has 1 saturated heterocycles. The first-order valence-electron chi connectivity index (χ1n) is 9.86. The van der Waals surface area contributed by atoms with Crippen molar-refractivity contribution in [1.82, 2.24) is 0 Å². The smallest absolute Gasteiger partial charge is 0.0757 e. The second-order valence-electron chi connectivity index (χ2n) is 9.84. The maximum absolute atomic E-state index is 6.17. The van der Waals surface area contributed by atoms with Crippen molar-refractivity contribution in [2.45, 2.75) is 82.7 Å². The molecule has 0 bridgehead atoms. The lowest BCUT2D eigenvalue weighted by Gasteiger charge is -2.33. The molecule has 6 aliphatic rings. The van der Waals surface area contributed by atoms with E-state index >= 15 is 0 Å². The topological polar surface area (TPSA) is 9.23 Å². The Bertz CT molecular complexity index is 579. The molecule has 1 heterocycles. The molecule has 1 nitrogen and oxygen atoms in total. The van der Waals surface area contributed by atoms with E-state index in [0.29, 0.717) is 10.8 Å². The van der Waals surface area contributed by atoms with E-state index in [-0.39, 0.29) is 5.60 Å². The first-order chi connectivity index (χ1) is 11.2. The molecule has 23 heavy (non-hydrogen) atoms. The number of allylic oxidation sites excluding steroid dienone is 4. The summed E-state index contributed by atoms with van der Waals surface area (Å²) in [7, 11) is 0. The fourth-order valence-corrected chi connectivity index (χ4v) is 7.32. The Labute approximate surface area is 139 Å². The van der Waals surface area contributed by atoms with E-state index in [4.69, 9.17) is 4.74 Å². The van der Waals surface area contributed by atoms with Gasteiger partial charge in [-0.2, -0.15) is 0 Å². The third kappa shape index (κ3) is 1.83. The normalized spacial score (nSPS) is 34.8. The average Bonchev–Trinajstić information content (AvgIpc) is 3.28. The van der Waals surface area contributed by atoms with Gasteiger partial charge in [0, 0.05) is 6.61 Å². The van der Waals surface area contributed by atoms with Gasteiger partial charge in [-0.1, -0.05) is 34.4 Å². The third-order valence-electron chi connectivity index (χ3n) is 8.05. The summed E-state index contributed by atoms with van der Waals surface area (Å²) in [5.74, 6) is 0. The molecule has 0 radical (unpaired) electrons. The summed E-state index contributed by atoms with van der Waals surface area (Å²) < 4.78 is 6.17. The average molecular weight is 308 g/mol. The summed E-state index contributed by atoms with van der Waals surface area (Å²) >= 11 is 0. The van der Waals surface area contributed by atoms with Crippen LogP contribution in [0, 0.1) is 10.8 Å². The first kappa shape index (κ1) is 13.5. The van der Waals surface area contributed by atoms with Crippen molar-refractivity contribution < 1.29 is 4.74 Å². The Hall–Kier alpha value is -0.820. The van der Waals surface area contributed by atoms with Gasteiger partial charge < -0.3 is 4.74 Å². The lowest BCUT2D eigenvalue weighted by atomic mass is 9.72. The zero-order valence-corrected chi connectivity index (χ0v) is 14.3. The van der Waals surface area contributed by atoms with E-state index in [0.717, 1.165) is 6.61 Å². The van der Waals surface area contributed by atoms with E-state index in [1.165, 1.54) is 77.0 Å². The van der Waals surface area contributed by atoms with Crippen LogP contribution in [0.2, 0.25) is 0 Å². The predicted molar refractivity (Wildman–Crippen MR) is 92.1 cm³/mol. The molecule has 0 aromatic carbocycles. The molecule has 0 N–H and O–H groups in total. The SMILES string of the molecule is C1=CCC2(C1)CC1=C(C2)CC2(C1)CC1=C(C2)CC2(CCCO2)C1. The summed E-state index contributed by atoms with van der Waals surface area (Å²) in [6.45, 7) is 1.01. The monoisotopic (exact) mass is 308 g/mol. The van der Waals surface area contributed by atoms with Crippen LogP contribution < -0.4 is 0 Å². The van der Waals surface area contributed by atoms with Gasteiger partial charge in [-0.25, -0.2) is 0 Å². The Morgan fingerprint density at radius 3 is 1.70 bits per heavy atom. The molecule has 1 fully saturated rings. The van der Waals surface area contributed by atoms with Crippen molar-refractivity contribution in [2.75, 3.05) is 6.61 Å². The van der Waals surface area contributed by atoms with Crippen LogP contribution in [0.5, 0.6) is 0 Å². The maximum atomic E-state index is 6.17. The first-order valence-corrected chi connectivity index (χ1v) is 9.86. The standard InChI is InChI=1S/C22H28O/c1-2-5-20(4-1)8-16-10-21(11-17(16)9-20)12-18-14-22(6-3-7-23-22)15-19(18)13-21/h1-2H,3-15H2. The van der Waals surface area contributed by atoms with Crippen molar-refractivity contribution in [1.29, 1.82) is 0 Å². The van der Waals surface area contributed by atoms with Gasteiger partial charge in [-0.05, 0) is 87.9 Å². The summed E-state index contributed by atoms with van der Waals surface area (Å²) in [6, 6.07) is 0. The molecular weight excluding hydrogens is 280 g/mol. The van der Waals surface area contributed by atoms with Gasteiger partial charge >= 0.3 is 0 Å². The van der Waals surface area contributed by atoms with E-state index in [9.17, 15) is 0 Å². The highest BCUT2D eigenvalue weighted by atomic mass is 16.5. The molecule has 0 amide bonds. The van der Waals surface area contributed by atoms with Crippen LogP contribution in [0.4, 0.5) is 0 Å². The minimum atomic E-state index is 0.264. The lowest BCUT2D eigenvalue weighted by Crippen LogP contribution is -2.27. The molecule has 0 atom stereocenters. The minimum absolute atomic E-state index is 0.264. The molecule has 0 unspecified atom stereocenters. The largest absolute Gasteiger partial charge is 0.374 e. The quantitative estimate of drug-likeness (QED) is 0.527. The van der Waals surface area contributed by atoms with Crippen LogP contribution in [0.25, 0.3) is 0 Å². The highest BCUT2D eigenvalue weighted by Gasteiger charge is 2.53. The number of hydrogen-bond acceptors (Lipinski definition) is 1. The zero-order valence-electron chi connectivity index (χ0n) is 14.3. The Kier molecular flexibility index (Phi) is 2.47. The third-order valence-corrected chi connectivity index (χ3v) is 8.05. The Morgan fingerprint density at radius 2 is 1.17 bits per heavy atom. The van der Waals surface area contributed by atoms with Gasteiger partial charge in [0.25, 0.3) is 0 Å². The van der Waals surface area contributed by atoms with Crippen molar-refractivity contribution in [2.24, 2.45) is 10.8 Å². The molecule has 0 aromatic rings. The van der Waals surface area contributed by atoms with E-state index < -0.39 is 0 Å². The van der Waals surface area contributed by atoms with Gasteiger partial charge in [0.2, 0.25) is 0 Å². The molecule has 6 rings (SSSR count). The van der Waals surface area contributed by atoms with Crippen molar-refractivity contribution in [3.05, 3.63) is 34.4 Å². The second kappa shape index (κ2) is 4.23. The van der Waals surface area contributed by atoms with Crippen LogP contribution in [-0.4, -0.2) is 12.2 Å². The van der Waals surface area contributed by atoms with Crippen LogP contribution in [-0.2, 0) is 4.74 Å². The van der Waals surface area contributed by atoms with Crippen molar-refractivity contribution >= 4 is 0 Å². The highest BCUT2D eigenvalue weighted by Crippen LogP contribution is 2.66. The minimum Gasteiger partial charge on any atom is -0.374 e. The number of ether oxygens (including phenoxy) is 1. The number of hydrogen-bond donors (Lipinski definition) is 0. The van der Waals surface area contributed by atoms with Gasteiger partial charge in [0.05, 0.1) is 5.60 Å². The molecule has 122 valence electrons. The van der Waals surface area contributed by atoms with Crippen molar-refractivity contribution in [3.8, 4) is 0 Å². The summed E-state index contributed by atoms with van der Waals surface area (Å²) in [5.41, 5.74) is 8.96. The van der Waals surface area contributed by atoms with E-state index in [1.807, 2.05) is 22.3 Å². The van der Waals surface area contributed by atoms with Gasteiger partial charge in [0.1, 0.15) is 0 Å². The van der Waals surface area contributed by atoms with Crippen LogP contribution >= 0.6 is 0 Å². The van der Waals surface area contributed by atoms with Gasteiger partial charge in [-0.15, -0.1) is 0 Å². The second-order valence-corrected chi connectivity index (χ2v) is 9.84. The summed E-state index contributed by atoms with van der Waals surface area (Å²) in [4.78, 5) is 0. The zero-order chi connectivity index (χ0) is 15.1. The predicted octanol–water partition coefficient (Wildman–Crippen LogP) is 5.63. The fourth-order valence-electron chi connectivity index (χ4n) is 7.32. The molecule has 1 aliphatic heterocycles. The van der Waals surface area contributed by atoms with E-state index in [1.54, 1.807) is 0 Å². The van der Waals surface area contributed by atoms with Crippen LogP contribution in [0.15, 0.2) is 34.4 Å². The van der Waals surface area contributed by atoms with Crippen LogP contribution in [0.3, 0.4) is 0 Å². The molecule has 3 spiro atoms. The molecule has 0 aromatic heterocycles. The summed E-state index contributed by atoms with van der Waals surface area (Å²) in [5, 5.41) is 0. The molecular formula is C22H28O. The summed E-state index contributed by atoms with van der Waals surface area (Å²) in [6.07, 6.45) is 21.3.